The van der Waals surface area contributed by atoms with Gasteiger partial charge >= 0.3 is 6.03 Å². The summed E-state index contributed by atoms with van der Waals surface area (Å²) in [6.07, 6.45) is 0.628. The fourth-order valence-corrected chi connectivity index (χ4v) is 4.25. The summed E-state index contributed by atoms with van der Waals surface area (Å²) in [4.78, 5) is 37.5. The molecule has 0 bridgehead atoms. The molecular weight excluding hydrogens is 414 g/mol. The number of carbonyl (C=O) groups excluding carboxylic acids is 2. The van der Waals surface area contributed by atoms with Crippen LogP contribution in [0.4, 0.5) is 16.2 Å². The van der Waals surface area contributed by atoms with E-state index < -0.39 is 6.03 Å². The molecule has 2 heterocycles. The van der Waals surface area contributed by atoms with E-state index in [1.807, 2.05) is 12.1 Å². The lowest BCUT2D eigenvalue weighted by atomic mass is 10.3. The van der Waals surface area contributed by atoms with Crippen molar-refractivity contribution in [2.75, 3.05) is 17.7 Å². The molecule has 0 aliphatic heterocycles. The Balaban J connectivity index is 1.47. The van der Waals surface area contributed by atoms with Gasteiger partial charge in [0.05, 0.1) is 22.1 Å². The first-order valence-electron chi connectivity index (χ1n) is 8.29. The topological polar surface area (TPSA) is 139 Å². The van der Waals surface area contributed by atoms with E-state index in [4.69, 9.17) is 5.21 Å². The van der Waals surface area contributed by atoms with Crippen LogP contribution < -0.4 is 10.6 Å². The van der Waals surface area contributed by atoms with E-state index >= 15 is 0 Å². The molecule has 0 radical (unpaired) electrons. The van der Waals surface area contributed by atoms with E-state index in [0.717, 1.165) is 22.1 Å². The number of imidazole rings is 2. The number of hydrogen-bond acceptors (Lipinski definition) is 7. The van der Waals surface area contributed by atoms with Gasteiger partial charge in [0.1, 0.15) is 0 Å². The molecule has 0 unspecified atom stereocenters. The lowest BCUT2D eigenvalue weighted by molar-refractivity contribution is -0.105. The minimum absolute atomic E-state index is 0.473. The molecule has 0 aliphatic carbocycles. The quantitative estimate of drug-likeness (QED) is 0.136. The molecule has 4 aromatic rings. The molecule has 12 heteroatoms. The van der Waals surface area contributed by atoms with Gasteiger partial charge in [-0.1, -0.05) is 0 Å². The molecule has 148 valence electrons. The fourth-order valence-electron chi connectivity index (χ4n) is 2.57. The van der Waals surface area contributed by atoms with Crippen LogP contribution in [0.1, 0.15) is 0 Å². The molecule has 0 saturated heterocycles. The number of carbonyl (C=O) groups is 2. The number of amides is 3. The third-order valence-electron chi connectivity index (χ3n) is 3.89. The molecule has 0 saturated carbocycles. The molecule has 2 aromatic heterocycles. The summed E-state index contributed by atoms with van der Waals surface area (Å²) in [5.41, 5.74) is 4.33. The molecule has 0 aliphatic rings. The fraction of sp³-hybridized carbons (Fsp3) is 0.0588. The number of hydrogen-bond donors (Lipinski definition) is 5. The minimum atomic E-state index is -0.634. The van der Waals surface area contributed by atoms with Gasteiger partial charge in [-0.25, -0.2) is 19.8 Å². The second-order valence-corrected chi connectivity index (χ2v) is 8.04. The van der Waals surface area contributed by atoms with Crippen LogP contribution in [0.25, 0.3) is 22.1 Å². The van der Waals surface area contributed by atoms with Gasteiger partial charge < -0.3 is 20.6 Å². The first-order valence-corrected chi connectivity index (χ1v) is 10.4. The van der Waals surface area contributed by atoms with Crippen LogP contribution >= 0.6 is 21.6 Å². The standard InChI is InChI=1S/C17H15N7O3S2/c1-24(27)17(26)19-10-3-5-12-14(7-10)23-16(21-12)29-28-15-20-11-4-2-9(18-8-25)6-13(11)22-15/h2-8,27H,1H3,(H,18,25)(H,19,26)(H,20,22)(H,21,23). The number of anilines is 2. The maximum atomic E-state index is 11.5. The summed E-state index contributed by atoms with van der Waals surface area (Å²) >= 11 is 0. The summed E-state index contributed by atoms with van der Waals surface area (Å²) in [5.74, 6) is 0. The molecule has 10 nitrogen and oxygen atoms in total. The van der Waals surface area contributed by atoms with Crippen LogP contribution in [0.3, 0.4) is 0 Å². The van der Waals surface area contributed by atoms with Crippen molar-refractivity contribution in [1.82, 2.24) is 25.0 Å². The molecule has 0 spiro atoms. The monoisotopic (exact) mass is 429 g/mol. The average Bonchev–Trinajstić information content (AvgIpc) is 3.28. The Morgan fingerprint density at radius 2 is 1.59 bits per heavy atom. The van der Waals surface area contributed by atoms with Gasteiger partial charge in [0.25, 0.3) is 0 Å². The molecule has 2 aromatic carbocycles. The van der Waals surface area contributed by atoms with E-state index in [-0.39, 0.29) is 0 Å². The molecule has 5 N–H and O–H groups in total. The summed E-state index contributed by atoms with van der Waals surface area (Å²) in [5, 5.41) is 16.2. The van der Waals surface area contributed by atoms with Crippen molar-refractivity contribution < 1.29 is 14.8 Å². The van der Waals surface area contributed by atoms with Crippen molar-refractivity contribution in [3.63, 3.8) is 0 Å². The van der Waals surface area contributed by atoms with E-state index in [9.17, 15) is 9.59 Å². The Bertz CT molecular complexity index is 1200. The molecular formula is C17H15N7O3S2. The van der Waals surface area contributed by atoms with Crippen LogP contribution in [0.15, 0.2) is 46.7 Å². The maximum absolute atomic E-state index is 11.5. The number of hydroxylamine groups is 2. The molecule has 4 rings (SSSR count). The smallest absolute Gasteiger partial charge is 0.332 e. The number of aromatic nitrogens is 4. The zero-order valence-corrected chi connectivity index (χ0v) is 16.6. The lowest BCUT2D eigenvalue weighted by Gasteiger charge is -2.09. The summed E-state index contributed by atoms with van der Waals surface area (Å²) < 4.78 is 0. The highest BCUT2D eigenvalue weighted by Gasteiger charge is 2.10. The largest absolute Gasteiger partial charge is 0.345 e. The normalized spacial score (nSPS) is 11.0. The van der Waals surface area contributed by atoms with Crippen molar-refractivity contribution in [3.8, 4) is 0 Å². The zero-order valence-electron chi connectivity index (χ0n) is 15.0. The Labute approximate surface area is 171 Å². The first kappa shape index (κ1) is 19.1. The molecule has 29 heavy (non-hydrogen) atoms. The molecule has 0 fully saturated rings. The van der Waals surface area contributed by atoms with Crippen molar-refractivity contribution >= 4 is 67.5 Å². The van der Waals surface area contributed by atoms with Crippen molar-refractivity contribution in [2.45, 2.75) is 10.3 Å². The van der Waals surface area contributed by atoms with Crippen LogP contribution in [-0.4, -0.2) is 49.7 Å². The number of rotatable bonds is 6. The zero-order chi connectivity index (χ0) is 20.4. The van der Waals surface area contributed by atoms with Gasteiger partial charge in [-0.2, -0.15) is 0 Å². The average molecular weight is 429 g/mol. The second-order valence-electron chi connectivity index (χ2n) is 5.93. The van der Waals surface area contributed by atoms with Gasteiger partial charge in [-0.3, -0.25) is 10.0 Å². The highest BCUT2D eigenvalue weighted by molar-refractivity contribution is 8.76. The van der Waals surface area contributed by atoms with Crippen LogP contribution in [0.5, 0.6) is 0 Å². The first-order chi connectivity index (χ1) is 14.0. The highest BCUT2D eigenvalue weighted by Crippen LogP contribution is 2.36. The van der Waals surface area contributed by atoms with Crippen LogP contribution in [0, 0.1) is 0 Å². The second kappa shape index (κ2) is 8.03. The Hall–Kier alpha value is -3.22. The van der Waals surface area contributed by atoms with Crippen LogP contribution in [0.2, 0.25) is 0 Å². The SMILES string of the molecule is CN(O)C(=O)Nc1ccc2nc(SSc3nc4ccc(NC=O)cc4[nH]3)[nH]c2c1. The minimum Gasteiger partial charge on any atom is -0.332 e. The molecule has 3 amide bonds. The molecule has 0 atom stereocenters. The predicted octanol–water partition coefficient (Wildman–Crippen LogP) is 3.66. The van der Waals surface area contributed by atoms with Gasteiger partial charge in [0.15, 0.2) is 10.3 Å². The number of fused-ring (bicyclic) bond motifs is 2. The van der Waals surface area contributed by atoms with E-state index in [2.05, 4.69) is 30.6 Å². The highest BCUT2D eigenvalue weighted by atomic mass is 33.1. The number of nitrogens with zero attached hydrogens (tertiary/aromatic N) is 3. The lowest BCUT2D eigenvalue weighted by Crippen LogP contribution is -2.27. The Kier molecular flexibility index (Phi) is 5.29. The summed E-state index contributed by atoms with van der Waals surface area (Å²) in [7, 11) is 4.06. The van der Waals surface area contributed by atoms with Gasteiger partial charge in [-0.15, -0.1) is 0 Å². The van der Waals surface area contributed by atoms with E-state index in [0.29, 0.717) is 33.2 Å². The van der Waals surface area contributed by atoms with Gasteiger partial charge in [0, 0.05) is 18.4 Å². The number of H-pyrrole nitrogens is 2. The van der Waals surface area contributed by atoms with Crippen LogP contribution in [-0.2, 0) is 4.79 Å². The summed E-state index contributed by atoms with van der Waals surface area (Å²) in [6.45, 7) is 0. The van der Waals surface area contributed by atoms with Crippen molar-refractivity contribution in [3.05, 3.63) is 36.4 Å². The number of aromatic amines is 2. The van der Waals surface area contributed by atoms with Crippen molar-refractivity contribution in [1.29, 1.82) is 0 Å². The predicted molar refractivity (Wildman–Crippen MR) is 112 cm³/mol. The van der Waals surface area contributed by atoms with Gasteiger partial charge in [0.2, 0.25) is 6.41 Å². The van der Waals surface area contributed by atoms with Crippen molar-refractivity contribution in [2.24, 2.45) is 0 Å². The third kappa shape index (κ3) is 4.29. The number of benzene rings is 2. The van der Waals surface area contributed by atoms with E-state index in [1.54, 1.807) is 24.3 Å². The Morgan fingerprint density at radius 1 is 1.03 bits per heavy atom. The Morgan fingerprint density at radius 3 is 2.14 bits per heavy atom. The maximum Gasteiger partial charge on any atom is 0.345 e. The third-order valence-corrected chi connectivity index (χ3v) is 5.87. The van der Waals surface area contributed by atoms with Gasteiger partial charge in [-0.05, 0) is 58.0 Å². The number of urea groups is 1. The number of nitrogens with one attached hydrogen (secondary N) is 4. The van der Waals surface area contributed by atoms with E-state index in [1.165, 1.54) is 28.6 Å². The summed E-state index contributed by atoms with van der Waals surface area (Å²) in [6, 6.07) is 10.0.